The molecular weight excluding hydrogens is 541 g/mol. The van der Waals surface area contributed by atoms with Crippen molar-refractivity contribution in [3.8, 4) is 5.69 Å². The molecule has 0 aliphatic carbocycles. The number of aryl methyl sites for hydroxylation is 4. The summed E-state index contributed by atoms with van der Waals surface area (Å²) in [6.45, 7) is 9.69. The third-order valence-corrected chi connectivity index (χ3v) is 9.40. The van der Waals surface area contributed by atoms with Crippen molar-refractivity contribution in [2.24, 2.45) is 5.10 Å². The van der Waals surface area contributed by atoms with E-state index in [-0.39, 0.29) is 4.90 Å². The van der Waals surface area contributed by atoms with E-state index in [0.29, 0.717) is 5.69 Å². The summed E-state index contributed by atoms with van der Waals surface area (Å²) in [5.74, 6) is -0.552. The summed E-state index contributed by atoms with van der Waals surface area (Å²) >= 11 is 1.53. The summed E-state index contributed by atoms with van der Waals surface area (Å²) in [5.41, 5.74) is 10.3. The Balaban J connectivity index is 1.55. The first-order valence-electron chi connectivity index (χ1n) is 12.8. The van der Waals surface area contributed by atoms with E-state index < -0.39 is 22.5 Å². The molecule has 7 nitrogen and oxygen atoms in total. The molecule has 0 aliphatic rings. The van der Waals surface area contributed by atoms with Gasteiger partial charge in [-0.1, -0.05) is 23.8 Å². The van der Waals surface area contributed by atoms with Crippen molar-refractivity contribution in [3.63, 3.8) is 0 Å². The number of nitrogens with one attached hydrogen (secondary N) is 1. The third-order valence-electron chi connectivity index (χ3n) is 6.87. The van der Waals surface area contributed by atoms with E-state index in [1.165, 1.54) is 22.9 Å². The van der Waals surface area contributed by atoms with Gasteiger partial charge < -0.3 is 4.57 Å². The largest absolute Gasteiger partial charge is 0.318 e. The maximum Gasteiger partial charge on any atom is 0.264 e. The Morgan fingerprint density at radius 1 is 0.925 bits per heavy atom. The molecule has 1 heterocycles. The normalized spacial score (nSPS) is 11.7. The predicted octanol–water partition coefficient (Wildman–Crippen LogP) is 6.09. The lowest BCUT2D eigenvalue weighted by Gasteiger charge is -2.24. The molecule has 0 unspecified atom stereocenters. The Morgan fingerprint density at radius 3 is 2.23 bits per heavy atom. The molecule has 0 saturated heterocycles. The summed E-state index contributed by atoms with van der Waals surface area (Å²) < 4.78 is 30.5. The lowest BCUT2D eigenvalue weighted by Crippen LogP contribution is -2.39. The van der Waals surface area contributed by atoms with Crippen LogP contribution in [0.4, 0.5) is 5.69 Å². The first-order chi connectivity index (χ1) is 19.0. The zero-order valence-electron chi connectivity index (χ0n) is 23.6. The van der Waals surface area contributed by atoms with Crippen LogP contribution in [0.15, 0.2) is 87.7 Å². The van der Waals surface area contributed by atoms with Gasteiger partial charge in [-0.3, -0.25) is 9.10 Å². The number of nitrogens with zero attached hydrogens (tertiary/aromatic N) is 3. The van der Waals surface area contributed by atoms with Gasteiger partial charge in [0, 0.05) is 27.5 Å². The number of rotatable bonds is 9. The molecule has 4 aromatic rings. The van der Waals surface area contributed by atoms with Crippen molar-refractivity contribution in [3.05, 3.63) is 106 Å². The highest BCUT2D eigenvalue weighted by atomic mass is 32.2. The van der Waals surface area contributed by atoms with Crippen LogP contribution in [0.1, 0.15) is 33.6 Å². The number of anilines is 1. The zero-order valence-corrected chi connectivity index (χ0v) is 25.2. The average Bonchev–Trinajstić information content (AvgIpc) is 3.22. The molecule has 0 saturated carbocycles. The van der Waals surface area contributed by atoms with Gasteiger partial charge in [-0.2, -0.15) is 5.10 Å². The number of aromatic nitrogens is 1. The zero-order chi connectivity index (χ0) is 29.0. The average molecular weight is 575 g/mol. The number of amides is 1. The SMILES string of the molecule is CSc1ccc(S(=O)(=O)N(CC(=O)N/N=C\c2cc(C)n(-c3ccc(C)c(C)c3)c2C)c2ccc(C)cc2)cc1. The molecule has 4 rings (SSSR count). The lowest BCUT2D eigenvalue weighted by atomic mass is 10.1. The van der Waals surface area contributed by atoms with Gasteiger partial charge in [0.05, 0.1) is 16.8 Å². The first kappa shape index (κ1) is 29.2. The van der Waals surface area contributed by atoms with E-state index in [1.54, 1.807) is 42.6 Å². The van der Waals surface area contributed by atoms with E-state index in [4.69, 9.17) is 0 Å². The molecule has 0 bridgehead atoms. The topological polar surface area (TPSA) is 83.8 Å². The number of hydrogen-bond donors (Lipinski definition) is 1. The molecule has 208 valence electrons. The van der Waals surface area contributed by atoms with Crippen LogP contribution in [0, 0.1) is 34.6 Å². The van der Waals surface area contributed by atoms with E-state index in [1.807, 2.05) is 45.2 Å². The van der Waals surface area contributed by atoms with Crippen molar-refractivity contribution in [2.75, 3.05) is 17.1 Å². The maximum absolute atomic E-state index is 13.6. The van der Waals surface area contributed by atoms with Gasteiger partial charge >= 0.3 is 0 Å². The minimum Gasteiger partial charge on any atom is -0.318 e. The number of benzene rings is 3. The molecule has 1 amide bonds. The Kier molecular flexibility index (Phi) is 8.85. The number of hydrogen-bond acceptors (Lipinski definition) is 5. The Morgan fingerprint density at radius 2 is 1.60 bits per heavy atom. The first-order valence-corrected chi connectivity index (χ1v) is 15.5. The molecule has 1 N–H and O–H groups in total. The predicted molar refractivity (Wildman–Crippen MR) is 164 cm³/mol. The second-order valence-electron chi connectivity index (χ2n) is 9.75. The summed E-state index contributed by atoms with van der Waals surface area (Å²) in [7, 11) is -4.00. The molecule has 0 atom stereocenters. The Labute approximate surface area is 241 Å². The fourth-order valence-electron chi connectivity index (χ4n) is 4.42. The monoisotopic (exact) mass is 574 g/mol. The van der Waals surface area contributed by atoms with E-state index >= 15 is 0 Å². The fourth-order valence-corrected chi connectivity index (χ4v) is 6.25. The molecule has 40 heavy (non-hydrogen) atoms. The number of hydrazone groups is 1. The van der Waals surface area contributed by atoms with Gasteiger partial charge in [0.1, 0.15) is 6.54 Å². The van der Waals surface area contributed by atoms with Gasteiger partial charge in [-0.15, -0.1) is 11.8 Å². The standard InChI is InChI=1S/C31H34N4O3S2/c1-21-7-10-27(11-8-21)34(40(37,38)30-15-13-29(39-6)14-16-30)20-31(36)33-32-19-26-18-24(4)35(25(26)5)28-12-9-22(2)23(3)17-28/h7-19H,20H2,1-6H3,(H,33,36)/b32-19-. The van der Waals surface area contributed by atoms with Crippen molar-refractivity contribution >= 4 is 39.6 Å². The van der Waals surface area contributed by atoms with Crippen LogP contribution in [0.5, 0.6) is 0 Å². The van der Waals surface area contributed by atoms with Crippen molar-refractivity contribution < 1.29 is 13.2 Å². The van der Waals surface area contributed by atoms with Crippen molar-refractivity contribution in [1.82, 2.24) is 9.99 Å². The molecule has 0 spiro atoms. The highest BCUT2D eigenvalue weighted by Gasteiger charge is 2.27. The van der Waals surface area contributed by atoms with E-state index in [0.717, 1.165) is 37.4 Å². The van der Waals surface area contributed by atoms with Gasteiger partial charge in [0.15, 0.2) is 0 Å². The van der Waals surface area contributed by atoms with Gasteiger partial charge in [0.2, 0.25) is 0 Å². The summed E-state index contributed by atoms with van der Waals surface area (Å²) in [6, 6.07) is 22.0. The number of carbonyl (C=O) groups excluding carboxylic acids is 1. The highest BCUT2D eigenvalue weighted by Crippen LogP contribution is 2.26. The Hall–Kier alpha value is -3.82. The summed E-state index contributed by atoms with van der Waals surface area (Å²) in [4.78, 5) is 14.0. The van der Waals surface area contributed by atoms with Gasteiger partial charge in [0.25, 0.3) is 15.9 Å². The fraction of sp³-hybridized carbons (Fsp3) is 0.226. The van der Waals surface area contributed by atoms with E-state index in [9.17, 15) is 13.2 Å². The molecule has 9 heteroatoms. The Bertz CT molecular complexity index is 1660. The number of sulfonamides is 1. The minimum absolute atomic E-state index is 0.112. The summed E-state index contributed by atoms with van der Waals surface area (Å²) in [6.07, 6.45) is 3.51. The smallest absolute Gasteiger partial charge is 0.264 e. The van der Waals surface area contributed by atoms with Crippen LogP contribution in [0.2, 0.25) is 0 Å². The van der Waals surface area contributed by atoms with E-state index in [2.05, 4.69) is 47.1 Å². The van der Waals surface area contributed by atoms with Crippen LogP contribution >= 0.6 is 11.8 Å². The number of carbonyl (C=O) groups is 1. The van der Waals surface area contributed by atoms with Gasteiger partial charge in [-0.05, 0) is 107 Å². The van der Waals surface area contributed by atoms with Crippen LogP contribution in [-0.4, -0.2) is 37.9 Å². The molecule has 3 aromatic carbocycles. The van der Waals surface area contributed by atoms with Crippen molar-refractivity contribution in [1.29, 1.82) is 0 Å². The minimum atomic E-state index is -4.00. The quantitative estimate of drug-likeness (QED) is 0.149. The highest BCUT2D eigenvalue weighted by molar-refractivity contribution is 7.98. The second-order valence-corrected chi connectivity index (χ2v) is 12.5. The third kappa shape index (κ3) is 6.32. The second kappa shape index (κ2) is 12.1. The van der Waals surface area contributed by atoms with Crippen LogP contribution < -0.4 is 9.73 Å². The van der Waals surface area contributed by atoms with Crippen LogP contribution in [0.25, 0.3) is 5.69 Å². The molecule has 0 fully saturated rings. The summed E-state index contributed by atoms with van der Waals surface area (Å²) in [5, 5.41) is 4.16. The van der Waals surface area contributed by atoms with Gasteiger partial charge in [-0.25, -0.2) is 13.8 Å². The number of thioether (sulfide) groups is 1. The van der Waals surface area contributed by atoms with Crippen molar-refractivity contribution in [2.45, 2.75) is 44.4 Å². The molecule has 0 aliphatic heterocycles. The lowest BCUT2D eigenvalue weighted by molar-refractivity contribution is -0.119. The molecule has 0 radical (unpaired) electrons. The van der Waals surface area contributed by atoms with Crippen LogP contribution in [-0.2, 0) is 14.8 Å². The maximum atomic E-state index is 13.6. The van der Waals surface area contributed by atoms with Crippen LogP contribution in [0.3, 0.4) is 0 Å². The molecule has 1 aromatic heterocycles. The molecular formula is C31H34N4O3S2.